The fourth-order valence-electron chi connectivity index (χ4n) is 1.37. The average Bonchev–Trinajstić information content (AvgIpc) is 2.03. The Labute approximate surface area is 97.5 Å². The summed E-state index contributed by atoms with van der Waals surface area (Å²) in [6.07, 6.45) is 0. The lowest BCUT2D eigenvalue weighted by molar-refractivity contribution is 0.594. The Hall–Kier alpha value is 0.397. The highest BCUT2D eigenvalue weighted by atomic mass is 79.9. The minimum Gasteiger partial charge on any atom is -0.109 e. The summed E-state index contributed by atoms with van der Waals surface area (Å²) < 4.78 is 0. The second-order valence-electron chi connectivity index (χ2n) is 4.14. The topological polar surface area (TPSA) is 0 Å². The Morgan fingerprint density at radius 3 is 2.00 bits per heavy atom. The molecule has 1 aromatic rings. The maximum absolute atomic E-state index is 3.68. The fourth-order valence-corrected chi connectivity index (χ4v) is 4.79. The van der Waals surface area contributed by atoms with E-state index in [0.717, 1.165) is 0 Å². The maximum atomic E-state index is 3.68. The Morgan fingerprint density at radius 2 is 1.62 bits per heavy atom. The molecule has 1 aromatic carbocycles. The Morgan fingerprint density at radius 1 is 1.08 bits per heavy atom. The lowest BCUT2D eigenvalue weighted by Crippen LogP contribution is -2.29. The highest BCUT2D eigenvalue weighted by Crippen LogP contribution is 2.22. The zero-order valence-corrected chi connectivity index (χ0v) is 12.5. The Bertz CT molecular complexity index is 289. The van der Waals surface area contributed by atoms with Gasteiger partial charge in [-0.1, -0.05) is 45.0 Å². The van der Waals surface area contributed by atoms with Crippen molar-refractivity contribution in [3.63, 3.8) is 0 Å². The van der Waals surface area contributed by atoms with Crippen molar-refractivity contribution in [1.29, 1.82) is 0 Å². The molecule has 0 bridgehead atoms. The van der Waals surface area contributed by atoms with E-state index in [9.17, 15) is 0 Å². The molecule has 13 heavy (non-hydrogen) atoms. The quantitative estimate of drug-likeness (QED) is 0.550. The number of hydrogen-bond acceptors (Lipinski definition) is 0. The SMILES string of the molecule is CC(C)(C)c1ccccc1[SiH](Br)Br. The molecule has 0 N–H and O–H groups in total. The van der Waals surface area contributed by atoms with Gasteiger partial charge in [0.1, 0.15) is 0 Å². The number of benzene rings is 1. The van der Waals surface area contributed by atoms with Gasteiger partial charge in [0.25, 0.3) is 0 Å². The van der Waals surface area contributed by atoms with E-state index in [2.05, 4.69) is 75.6 Å². The lowest BCUT2D eigenvalue weighted by Gasteiger charge is -2.23. The molecule has 0 atom stereocenters. The molecule has 1 rings (SSSR count). The maximum Gasteiger partial charge on any atom is 0.216 e. The van der Waals surface area contributed by atoms with Crippen molar-refractivity contribution in [3.05, 3.63) is 29.8 Å². The summed E-state index contributed by atoms with van der Waals surface area (Å²) in [5.41, 5.74) is 1.68. The van der Waals surface area contributed by atoms with Crippen molar-refractivity contribution < 1.29 is 0 Å². The predicted molar refractivity (Wildman–Crippen MR) is 69.8 cm³/mol. The molecule has 0 heterocycles. The van der Waals surface area contributed by atoms with Gasteiger partial charge in [0, 0.05) is 0 Å². The monoisotopic (exact) mass is 320 g/mol. The molecule has 0 fully saturated rings. The van der Waals surface area contributed by atoms with Crippen molar-refractivity contribution in [2.45, 2.75) is 26.2 Å². The summed E-state index contributed by atoms with van der Waals surface area (Å²) in [5.74, 6) is 0. The molecule has 0 amide bonds. The zero-order valence-electron chi connectivity index (χ0n) is 8.14. The van der Waals surface area contributed by atoms with Crippen LogP contribution in [0.2, 0.25) is 0 Å². The highest BCUT2D eigenvalue weighted by molar-refractivity contribution is 9.49. The Balaban J connectivity index is 3.20. The Kier molecular flexibility index (Phi) is 3.78. The first-order valence-electron chi connectivity index (χ1n) is 4.30. The zero-order chi connectivity index (χ0) is 10.1. The van der Waals surface area contributed by atoms with Gasteiger partial charge in [-0.2, -0.15) is 0 Å². The van der Waals surface area contributed by atoms with E-state index in [4.69, 9.17) is 0 Å². The minimum absolute atomic E-state index is 0.239. The van der Waals surface area contributed by atoms with Crippen molar-refractivity contribution >= 4 is 41.8 Å². The lowest BCUT2D eigenvalue weighted by atomic mass is 9.87. The summed E-state index contributed by atoms with van der Waals surface area (Å²) in [4.78, 5) is 0. The molecule has 0 aliphatic heterocycles. The van der Waals surface area contributed by atoms with Crippen molar-refractivity contribution in [3.8, 4) is 0 Å². The molecule has 72 valence electrons. The van der Waals surface area contributed by atoms with Crippen LogP contribution in [-0.4, -0.2) is 6.04 Å². The molecule has 0 nitrogen and oxygen atoms in total. The van der Waals surface area contributed by atoms with Gasteiger partial charge in [-0.25, -0.2) is 0 Å². The third kappa shape index (κ3) is 2.93. The van der Waals surface area contributed by atoms with Crippen LogP contribution in [0.25, 0.3) is 0 Å². The van der Waals surface area contributed by atoms with Crippen molar-refractivity contribution in [2.75, 3.05) is 0 Å². The van der Waals surface area contributed by atoms with E-state index in [-0.39, 0.29) is 5.41 Å². The molecule has 0 radical (unpaired) electrons. The normalized spacial score (nSPS) is 12.2. The standard InChI is InChI=1S/C10H14Br2Si/c1-10(2,3)8-6-4-5-7-9(8)13(11)12/h4-7,13H,1-3H3. The first kappa shape index (κ1) is 11.5. The molecular formula is C10H14Br2Si. The van der Waals surface area contributed by atoms with Gasteiger partial charge in [-0.05, 0) is 16.2 Å². The largest absolute Gasteiger partial charge is 0.216 e. The minimum atomic E-state index is -1.04. The van der Waals surface area contributed by atoms with Crippen LogP contribution in [0.1, 0.15) is 26.3 Å². The van der Waals surface area contributed by atoms with Crippen LogP contribution < -0.4 is 5.19 Å². The summed E-state index contributed by atoms with van der Waals surface area (Å²) >= 11 is 7.36. The van der Waals surface area contributed by atoms with Crippen LogP contribution in [0.15, 0.2) is 24.3 Å². The summed E-state index contributed by atoms with van der Waals surface area (Å²) in [6, 6.07) is 7.60. The van der Waals surface area contributed by atoms with E-state index < -0.39 is 6.04 Å². The van der Waals surface area contributed by atoms with Gasteiger partial charge >= 0.3 is 0 Å². The van der Waals surface area contributed by atoms with Crippen LogP contribution >= 0.6 is 30.6 Å². The number of rotatable bonds is 1. The third-order valence-corrected chi connectivity index (χ3v) is 5.94. The van der Waals surface area contributed by atoms with Crippen LogP contribution in [0, 0.1) is 0 Å². The van der Waals surface area contributed by atoms with E-state index in [1.807, 2.05) is 0 Å². The van der Waals surface area contributed by atoms with Crippen molar-refractivity contribution in [2.24, 2.45) is 0 Å². The van der Waals surface area contributed by atoms with Gasteiger partial charge in [-0.3, -0.25) is 0 Å². The van der Waals surface area contributed by atoms with E-state index >= 15 is 0 Å². The van der Waals surface area contributed by atoms with Gasteiger partial charge in [0.15, 0.2) is 0 Å². The van der Waals surface area contributed by atoms with Crippen LogP contribution in [0.5, 0.6) is 0 Å². The average molecular weight is 322 g/mol. The van der Waals surface area contributed by atoms with Gasteiger partial charge in [0.05, 0.1) is 0 Å². The van der Waals surface area contributed by atoms with Gasteiger partial charge < -0.3 is 0 Å². The van der Waals surface area contributed by atoms with E-state index in [0.29, 0.717) is 0 Å². The first-order chi connectivity index (χ1) is 5.93. The van der Waals surface area contributed by atoms with Crippen LogP contribution in [0.4, 0.5) is 0 Å². The second kappa shape index (κ2) is 4.28. The molecule has 0 aliphatic carbocycles. The van der Waals surface area contributed by atoms with E-state index in [1.54, 1.807) is 0 Å². The number of halogens is 2. The molecular weight excluding hydrogens is 308 g/mol. The molecule has 0 spiro atoms. The number of hydrogen-bond donors (Lipinski definition) is 0. The predicted octanol–water partition coefficient (Wildman–Crippen LogP) is 3.20. The first-order valence-corrected chi connectivity index (χ1v) is 11.2. The summed E-state index contributed by atoms with van der Waals surface area (Å²) in [6.45, 7) is 6.76. The third-order valence-electron chi connectivity index (χ3n) is 2.00. The summed E-state index contributed by atoms with van der Waals surface area (Å²) in [5, 5.41) is 1.45. The second-order valence-corrected chi connectivity index (χ2v) is 14.5. The molecule has 0 unspecified atom stereocenters. The molecule has 0 saturated carbocycles. The van der Waals surface area contributed by atoms with E-state index in [1.165, 1.54) is 10.8 Å². The van der Waals surface area contributed by atoms with Gasteiger partial charge in [-0.15, -0.1) is 30.6 Å². The molecule has 0 saturated heterocycles. The summed E-state index contributed by atoms with van der Waals surface area (Å²) in [7, 11) is 0. The smallest absolute Gasteiger partial charge is 0.109 e. The highest BCUT2D eigenvalue weighted by Gasteiger charge is 2.20. The fraction of sp³-hybridized carbons (Fsp3) is 0.400. The molecule has 0 aromatic heterocycles. The van der Waals surface area contributed by atoms with Crippen LogP contribution in [0.3, 0.4) is 0 Å². The van der Waals surface area contributed by atoms with Gasteiger partial charge in [0.2, 0.25) is 6.04 Å². The van der Waals surface area contributed by atoms with Crippen molar-refractivity contribution in [1.82, 2.24) is 0 Å². The molecule has 3 heteroatoms. The van der Waals surface area contributed by atoms with Crippen LogP contribution in [-0.2, 0) is 5.41 Å². The molecule has 0 aliphatic rings.